The SMILES string of the molecule is C[C@H](NC(=O)C1(N)CC1)B(O)O. The van der Waals surface area contributed by atoms with Crippen LogP contribution in [0.4, 0.5) is 0 Å². The molecule has 0 unspecified atom stereocenters. The van der Waals surface area contributed by atoms with Gasteiger partial charge in [0.25, 0.3) is 0 Å². The van der Waals surface area contributed by atoms with Gasteiger partial charge in [-0.2, -0.15) is 0 Å². The molecule has 0 heterocycles. The number of nitrogens with two attached hydrogens (primary N) is 1. The van der Waals surface area contributed by atoms with E-state index in [9.17, 15) is 4.79 Å². The summed E-state index contributed by atoms with van der Waals surface area (Å²) < 4.78 is 0. The Labute approximate surface area is 71.1 Å². The average Bonchev–Trinajstić information content (AvgIpc) is 2.69. The lowest BCUT2D eigenvalue weighted by Gasteiger charge is -2.15. The van der Waals surface area contributed by atoms with Crippen molar-refractivity contribution in [2.75, 3.05) is 0 Å². The highest BCUT2D eigenvalue weighted by Gasteiger charge is 2.46. The molecule has 0 aromatic rings. The summed E-state index contributed by atoms with van der Waals surface area (Å²) in [5.41, 5.74) is 4.82. The number of amides is 1. The maximum Gasteiger partial charge on any atom is 0.475 e. The molecule has 6 heteroatoms. The van der Waals surface area contributed by atoms with Gasteiger partial charge in [0.2, 0.25) is 5.91 Å². The van der Waals surface area contributed by atoms with Gasteiger partial charge in [0.15, 0.2) is 0 Å². The molecule has 1 rings (SSSR count). The molecular formula is C6H13BN2O3. The first-order chi connectivity index (χ1) is 5.46. The molecule has 5 nitrogen and oxygen atoms in total. The van der Waals surface area contributed by atoms with E-state index < -0.39 is 18.6 Å². The van der Waals surface area contributed by atoms with Gasteiger partial charge < -0.3 is 21.1 Å². The fourth-order valence-electron chi connectivity index (χ4n) is 0.787. The van der Waals surface area contributed by atoms with Crippen LogP contribution < -0.4 is 11.1 Å². The summed E-state index contributed by atoms with van der Waals surface area (Å²) in [6, 6.07) is 0. The van der Waals surface area contributed by atoms with Gasteiger partial charge in [-0.05, 0) is 19.8 Å². The summed E-state index contributed by atoms with van der Waals surface area (Å²) in [5.74, 6) is -0.971. The summed E-state index contributed by atoms with van der Waals surface area (Å²) in [7, 11) is -1.53. The second kappa shape index (κ2) is 3.04. The second-order valence-electron chi connectivity index (χ2n) is 3.33. The third-order valence-corrected chi connectivity index (χ3v) is 2.05. The van der Waals surface area contributed by atoms with Crippen LogP contribution in [0.25, 0.3) is 0 Å². The Morgan fingerprint density at radius 1 is 1.67 bits per heavy atom. The average molecular weight is 172 g/mol. The zero-order chi connectivity index (χ0) is 9.35. The monoisotopic (exact) mass is 172 g/mol. The predicted molar refractivity (Wildman–Crippen MR) is 43.9 cm³/mol. The highest BCUT2D eigenvalue weighted by molar-refractivity contribution is 6.43. The summed E-state index contributed by atoms with van der Waals surface area (Å²) in [6.07, 6.45) is 1.35. The van der Waals surface area contributed by atoms with E-state index in [1.54, 1.807) is 0 Å². The third kappa shape index (κ3) is 1.97. The molecule has 1 amide bonds. The molecule has 1 atom stereocenters. The quantitative estimate of drug-likeness (QED) is 0.370. The van der Waals surface area contributed by atoms with Crippen LogP contribution >= 0.6 is 0 Å². The molecule has 0 aliphatic heterocycles. The molecule has 5 N–H and O–H groups in total. The van der Waals surface area contributed by atoms with E-state index >= 15 is 0 Å². The number of hydrogen-bond acceptors (Lipinski definition) is 4. The number of rotatable bonds is 3. The fourth-order valence-corrected chi connectivity index (χ4v) is 0.787. The molecule has 1 fully saturated rings. The van der Waals surface area contributed by atoms with Crippen molar-refractivity contribution in [1.29, 1.82) is 0 Å². The minimum absolute atomic E-state index is 0.303. The largest absolute Gasteiger partial charge is 0.475 e. The van der Waals surface area contributed by atoms with Gasteiger partial charge in [0.1, 0.15) is 0 Å². The molecular weight excluding hydrogens is 159 g/mol. The van der Waals surface area contributed by atoms with E-state index in [0.29, 0.717) is 12.8 Å². The van der Waals surface area contributed by atoms with Crippen LogP contribution in [-0.2, 0) is 4.79 Å². The maximum atomic E-state index is 11.2. The minimum atomic E-state index is -1.53. The van der Waals surface area contributed by atoms with Crippen molar-refractivity contribution in [2.45, 2.75) is 31.2 Å². The van der Waals surface area contributed by atoms with E-state index in [2.05, 4.69) is 5.32 Å². The Kier molecular flexibility index (Phi) is 2.41. The maximum absolute atomic E-state index is 11.2. The number of carbonyl (C=O) groups is 1. The number of carbonyl (C=O) groups excluding carboxylic acids is 1. The Hall–Kier alpha value is -0.585. The summed E-state index contributed by atoms with van der Waals surface area (Å²) in [6.45, 7) is 1.51. The summed E-state index contributed by atoms with van der Waals surface area (Å²) in [5, 5.41) is 19.7. The predicted octanol–water partition coefficient (Wildman–Crippen LogP) is -2.01. The topological polar surface area (TPSA) is 95.6 Å². The standard InChI is InChI=1S/C6H13BN2O3/c1-4(7(11)12)9-5(10)6(8)2-3-6/h4,11-12H,2-3,8H2,1H3,(H,9,10)/t4-/m0/s1. The van der Waals surface area contributed by atoms with Gasteiger partial charge in [-0.1, -0.05) is 0 Å². The molecule has 0 spiro atoms. The van der Waals surface area contributed by atoms with E-state index in [-0.39, 0.29) is 5.91 Å². The summed E-state index contributed by atoms with van der Waals surface area (Å²) >= 11 is 0. The van der Waals surface area contributed by atoms with Gasteiger partial charge in [-0.15, -0.1) is 0 Å². The first-order valence-electron chi connectivity index (χ1n) is 3.92. The second-order valence-corrected chi connectivity index (χ2v) is 3.33. The van der Waals surface area contributed by atoms with Crippen molar-refractivity contribution in [3.63, 3.8) is 0 Å². The van der Waals surface area contributed by atoms with E-state index in [4.69, 9.17) is 15.8 Å². The lowest BCUT2D eigenvalue weighted by Crippen LogP contribution is -2.51. The lowest BCUT2D eigenvalue weighted by molar-refractivity contribution is -0.123. The minimum Gasteiger partial charge on any atom is -0.426 e. The Morgan fingerprint density at radius 3 is 2.50 bits per heavy atom. The van der Waals surface area contributed by atoms with Crippen molar-refractivity contribution in [3.8, 4) is 0 Å². The molecule has 1 saturated carbocycles. The van der Waals surface area contributed by atoms with Crippen molar-refractivity contribution in [1.82, 2.24) is 5.32 Å². The molecule has 0 aromatic carbocycles. The Morgan fingerprint density at radius 2 is 2.17 bits per heavy atom. The fraction of sp³-hybridized carbons (Fsp3) is 0.833. The van der Waals surface area contributed by atoms with E-state index in [1.165, 1.54) is 6.92 Å². The zero-order valence-electron chi connectivity index (χ0n) is 6.95. The molecule has 68 valence electrons. The number of nitrogens with one attached hydrogen (secondary N) is 1. The van der Waals surface area contributed by atoms with Crippen molar-refractivity contribution < 1.29 is 14.8 Å². The lowest BCUT2D eigenvalue weighted by atomic mass is 9.81. The zero-order valence-corrected chi connectivity index (χ0v) is 6.95. The smallest absolute Gasteiger partial charge is 0.426 e. The van der Waals surface area contributed by atoms with Crippen LogP contribution in [0.3, 0.4) is 0 Å². The first-order valence-corrected chi connectivity index (χ1v) is 3.92. The molecule has 0 aromatic heterocycles. The third-order valence-electron chi connectivity index (χ3n) is 2.05. The van der Waals surface area contributed by atoms with Crippen molar-refractivity contribution in [3.05, 3.63) is 0 Å². The van der Waals surface area contributed by atoms with Gasteiger partial charge in [-0.3, -0.25) is 4.79 Å². The van der Waals surface area contributed by atoms with Gasteiger partial charge in [0.05, 0.1) is 11.5 Å². The van der Waals surface area contributed by atoms with Gasteiger partial charge in [0, 0.05) is 0 Å². The Bertz CT molecular complexity index is 193. The molecule has 1 aliphatic rings. The van der Waals surface area contributed by atoms with Crippen LogP contribution in [0.1, 0.15) is 19.8 Å². The molecule has 0 saturated heterocycles. The summed E-state index contributed by atoms with van der Waals surface area (Å²) in [4.78, 5) is 11.2. The molecule has 1 aliphatic carbocycles. The highest BCUT2D eigenvalue weighted by atomic mass is 16.4. The van der Waals surface area contributed by atoms with Gasteiger partial charge in [-0.25, -0.2) is 0 Å². The van der Waals surface area contributed by atoms with Crippen LogP contribution in [0.15, 0.2) is 0 Å². The highest BCUT2D eigenvalue weighted by Crippen LogP contribution is 2.32. The van der Waals surface area contributed by atoms with Crippen molar-refractivity contribution >= 4 is 13.0 Å². The van der Waals surface area contributed by atoms with Gasteiger partial charge >= 0.3 is 7.12 Å². The van der Waals surface area contributed by atoms with Crippen LogP contribution in [0.2, 0.25) is 0 Å². The molecule has 12 heavy (non-hydrogen) atoms. The van der Waals surface area contributed by atoms with Crippen molar-refractivity contribution in [2.24, 2.45) is 5.73 Å². The van der Waals surface area contributed by atoms with E-state index in [1.807, 2.05) is 0 Å². The van der Waals surface area contributed by atoms with Crippen LogP contribution in [-0.4, -0.2) is 34.6 Å². The molecule has 0 bridgehead atoms. The van der Waals surface area contributed by atoms with Crippen LogP contribution in [0.5, 0.6) is 0 Å². The first kappa shape index (κ1) is 9.50. The normalized spacial score (nSPS) is 21.3. The van der Waals surface area contributed by atoms with E-state index in [0.717, 1.165) is 0 Å². The molecule has 0 radical (unpaired) electrons. The number of hydrogen-bond donors (Lipinski definition) is 4. The van der Waals surface area contributed by atoms with Crippen LogP contribution in [0, 0.1) is 0 Å². The Balaban J connectivity index is 2.36.